The Morgan fingerprint density at radius 2 is 0.653 bits per heavy atom. The van der Waals surface area contributed by atoms with E-state index in [1.165, 1.54) is 83.3 Å². The number of benzene rings is 11. The summed E-state index contributed by atoms with van der Waals surface area (Å²) in [6.45, 7) is 0. The van der Waals surface area contributed by atoms with Crippen LogP contribution < -0.4 is 0 Å². The molecule has 336 valence electrons. The number of aromatic nitrogens is 2. The topological polar surface area (TPSA) is 25.8 Å². The molecule has 2 heteroatoms. The fourth-order valence-corrected chi connectivity index (χ4v) is 12.5. The fourth-order valence-electron chi connectivity index (χ4n) is 12.5. The molecule has 0 saturated carbocycles. The second-order valence-electron chi connectivity index (χ2n) is 19.1. The van der Waals surface area contributed by atoms with Gasteiger partial charge in [0.1, 0.15) is 0 Å². The maximum Gasteiger partial charge on any atom is 0.160 e. The first-order valence-electron chi connectivity index (χ1n) is 24.9. The first-order valence-corrected chi connectivity index (χ1v) is 24.9. The van der Waals surface area contributed by atoms with Crippen molar-refractivity contribution in [3.8, 4) is 67.3 Å². The van der Waals surface area contributed by atoms with Gasteiger partial charge in [0.25, 0.3) is 0 Å². The van der Waals surface area contributed by atoms with E-state index in [2.05, 4.69) is 279 Å². The van der Waals surface area contributed by atoms with Gasteiger partial charge in [-0.25, -0.2) is 9.97 Å². The minimum absolute atomic E-state index is 0.453. The molecule has 0 saturated heterocycles. The van der Waals surface area contributed by atoms with Gasteiger partial charge in [-0.3, -0.25) is 0 Å². The van der Waals surface area contributed by atoms with Crippen molar-refractivity contribution in [3.63, 3.8) is 0 Å². The third kappa shape index (κ3) is 6.16. The van der Waals surface area contributed by atoms with Gasteiger partial charge in [-0.2, -0.15) is 0 Å². The van der Waals surface area contributed by atoms with Crippen LogP contribution in [-0.4, -0.2) is 9.97 Å². The lowest BCUT2D eigenvalue weighted by atomic mass is 9.67. The van der Waals surface area contributed by atoms with Crippen molar-refractivity contribution in [1.82, 2.24) is 9.97 Å². The summed E-state index contributed by atoms with van der Waals surface area (Å²) in [6, 6.07) is 102. The van der Waals surface area contributed by atoms with Gasteiger partial charge in [-0.15, -0.1) is 0 Å². The highest BCUT2D eigenvalue weighted by molar-refractivity contribution is 6.06. The Morgan fingerprint density at radius 3 is 1.25 bits per heavy atom. The molecular weight excluding hydrogens is 869 g/mol. The molecule has 0 aliphatic heterocycles. The van der Waals surface area contributed by atoms with Crippen molar-refractivity contribution in [2.75, 3.05) is 0 Å². The quantitative estimate of drug-likeness (QED) is 0.152. The minimum atomic E-state index is -0.529. The van der Waals surface area contributed by atoms with E-state index in [-0.39, 0.29) is 0 Å². The van der Waals surface area contributed by atoms with Crippen molar-refractivity contribution in [1.29, 1.82) is 0 Å². The van der Waals surface area contributed by atoms with Crippen LogP contribution in [0.5, 0.6) is 0 Å². The zero-order chi connectivity index (χ0) is 47.6. The van der Waals surface area contributed by atoms with Crippen LogP contribution in [0.3, 0.4) is 0 Å². The molecule has 0 N–H and O–H groups in total. The molecule has 12 aromatic rings. The van der Waals surface area contributed by atoms with Gasteiger partial charge in [0.2, 0.25) is 0 Å². The standard InChI is InChI=1S/C70H46N2/c1-6-23-47(24-7-1)68-71-65(46-66(72-68)59-37-22-40-64-67(59)58-36-19-21-39-62(58)70(64,51-29-12-4-13-30-51)52-31-14-5-15-32-52)57-43-42-53(54-33-16-17-34-55(54)57)48-41-44-63-60(45-48)56-35-18-20-38-61(56)69(63,49-25-8-2-9-26-49)50-27-10-3-11-28-50/h1-46H. The molecule has 0 bridgehead atoms. The number of hydrogen-bond donors (Lipinski definition) is 0. The van der Waals surface area contributed by atoms with Crippen molar-refractivity contribution in [2.45, 2.75) is 10.8 Å². The van der Waals surface area contributed by atoms with E-state index in [4.69, 9.17) is 9.97 Å². The van der Waals surface area contributed by atoms with Crippen molar-refractivity contribution in [2.24, 2.45) is 0 Å². The molecule has 2 aliphatic rings. The van der Waals surface area contributed by atoms with Crippen LogP contribution in [0.1, 0.15) is 44.5 Å². The Morgan fingerprint density at radius 1 is 0.236 bits per heavy atom. The highest BCUT2D eigenvalue weighted by Crippen LogP contribution is 2.59. The van der Waals surface area contributed by atoms with E-state index in [0.717, 1.165) is 33.5 Å². The van der Waals surface area contributed by atoms with Crippen LogP contribution in [0.15, 0.2) is 279 Å². The highest BCUT2D eigenvalue weighted by Gasteiger charge is 2.48. The second kappa shape index (κ2) is 16.7. The van der Waals surface area contributed by atoms with Gasteiger partial charge in [-0.1, -0.05) is 267 Å². The monoisotopic (exact) mass is 914 g/mol. The average molecular weight is 915 g/mol. The summed E-state index contributed by atoms with van der Waals surface area (Å²) in [5.74, 6) is 0.690. The number of fused-ring (bicyclic) bond motifs is 7. The molecule has 0 unspecified atom stereocenters. The number of rotatable bonds is 8. The number of hydrogen-bond acceptors (Lipinski definition) is 2. The first-order chi connectivity index (χ1) is 35.7. The smallest absolute Gasteiger partial charge is 0.160 e. The van der Waals surface area contributed by atoms with Gasteiger partial charge in [0, 0.05) is 16.7 Å². The molecular formula is C70H46N2. The highest BCUT2D eigenvalue weighted by atomic mass is 14.9. The van der Waals surface area contributed by atoms with Crippen molar-refractivity contribution in [3.05, 3.63) is 324 Å². The van der Waals surface area contributed by atoms with Crippen LogP contribution in [0.25, 0.3) is 78.1 Å². The summed E-state index contributed by atoms with van der Waals surface area (Å²) < 4.78 is 0. The molecule has 1 aromatic heterocycles. The third-order valence-electron chi connectivity index (χ3n) is 15.5. The van der Waals surface area contributed by atoms with Gasteiger partial charge in [-0.05, 0) is 101 Å². The van der Waals surface area contributed by atoms with E-state index in [1.807, 2.05) is 0 Å². The van der Waals surface area contributed by atoms with Gasteiger partial charge < -0.3 is 0 Å². The van der Waals surface area contributed by atoms with Gasteiger partial charge >= 0.3 is 0 Å². The van der Waals surface area contributed by atoms with E-state index in [0.29, 0.717) is 5.82 Å². The van der Waals surface area contributed by atoms with E-state index in [1.54, 1.807) is 0 Å². The molecule has 0 amide bonds. The molecule has 0 radical (unpaired) electrons. The molecule has 0 spiro atoms. The van der Waals surface area contributed by atoms with E-state index in [9.17, 15) is 0 Å². The van der Waals surface area contributed by atoms with Crippen molar-refractivity contribution < 1.29 is 0 Å². The molecule has 0 atom stereocenters. The largest absolute Gasteiger partial charge is 0.228 e. The Labute approximate surface area is 420 Å². The molecule has 11 aromatic carbocycles. The molecule has 1 heterocycles. The van der Waals surface area contributed by atoms with E-state index < -0.39 is 10.8 Å². The fraction of sp³-hybridized carbons (Fsp3) is 0.0286. The Balaban J connectivity index is 0.962. The number of nitrogens with zero attached hydrogens (tertiary/aromatic N) is 2. The predicted octanol–water partition coefficient (Wildman–Crippen LogP) is 17.0. The Hall–Kier alpha value is -9.24. The SMILES string of the molecule is c1ccc(-c2nc(-c3cccc4c3-c3ccccc3C4(c3ccccc3)c3ccccc3)cc(-c3ccc(-c4ccc5c(c4)-c4ccccc4C5(c4ccccc4)c4ccccc4)c4ccccc34)n2)cc1. The molecule has 14 rings (SSSR count). The molecule has 72 heavy (non-hydrogen) atoms. The maximum atomic E-state index is 5.48. The lowest BCUT2D eigenvalue weighted by Gasteiger charge is -2.33. The lowest BCUT2D eigenvalue weighted by Crippen LogP contribution is -2.28. The van der Waals surface area contributed by atoms with Gasteiger partial charge in [0.15, 0.2) is 5.82 Å². The van der Waals surface area contributed by atoms with Crippen LogP contribution in [-0.2, 0) is 10.8 Å². The zero-order valence-electron chi connectivity index (χ0n) is 39.5. The second-order valence-corrected chi connectivity index (χ2v) is 19.1. The summed E-state index contributed by atoms with van der Waals surface area (Å²) in [5, 5.41) is 2.31. The van der Waals surface area contributed by atoms with Crippen molar-refractivity contribution >= 4 is 10.8 Å². The summed E-state index contributed by atoms with van der Waals surface area (Å²) in [5.41, 5.74) is 21.3. The minimum Gasteiger partial charge on any atom is -0.228 e. The zero-order valence-corrected chi connectivity index (χ0v) is 39.5. The summed E-state index contributed by atoms with van der Waals surface area (Å²) in [7, 11) is 0. The molecule has 2 aliphatic carbocycles. The first kappa shape index (κ1) is 41.7. The maximum absolute atomic E-state index is 5.48. The lowest BCUT2D eigenvalue weighted by molar-refractivity contribution is 0.768. The van der Waals surface area contributed by atoms with Crippen LogP contribution >= 0.6 is 0 Å². The van der Waals surface area contributed by atoms with Crippen LogP contribution in [0.2, 0.25) is 0 Å². The summed E-state index contributed by atoms with van der Waals surface area (Å²) in [6.07, 6.45) is 0. The third-order valence-corrected chi connectivity index (χ3v) is 15.5. The Kier molecular flexibility index (Phi) is 9.69. The van der Waals surface area contributed by atoms with Crippen LogP contribution in [0.4, 0.5) is 0 Å². The summed E-state index contributed by atoms with van der Waals surface area (Å²) in [4.78, 5) is 10.9. The normalized spacial score (nSPS) is 13.5. The van der Waals surface area contributed by atoms with Crippen LogP contribution in [0, 0.1) is 0 Å². The predicted molar refractivity (Wildman–Crippen MR) is 296 cm³/mol. The summed E-state index contributed by atoms with van der Waals surface area (Å²) >= 11 is 0. The van der Waals surface area contributed by atoms with E-state index >= 15 is 0 Å². The van der Waals surface area contributed by atoms with Gasteiger partial charge in [0.05, 0.1) is 22.2 Å². The average Bonchev–Trinajstić information content (AvgIpc) is 3.95. The molecule has 0 fully saturated rings. The Bertz CT molecular complexity index is 3940. The molecule has 2 nitrogen and oxygen atoms in total.